The predicted octanol–water partition coefficient (Wildman–Crippen LogP) is 15.2. The van der Waals surface area contributed by atoms with Crippen LogP contribution in [0.5, 0.6) is 0 Å². The summed E-state index contributed by atoms with van der Waals surface area (Å²) in [5.74, 6) is 0. The van der Waals surface area contributed by atoms with Crippen molar-refractivity contribution in [3.05, 3.63) is 258 Å². The molecule has 0 aromatic heterocycles. The molecule has 0 fully saturated rings. The molecule has 1 nitrogen and oxygen atoms in total. The first-order valence-corrected chi connectivity index (χ1v) is 20.7. The van der Waals surface area contributed by atoms with Crippen molar-refractivity contribution in [2.75, 3.05) is 4.90 Å². The minimum atomic E-state index is -0.429. The lowest BCUT2D eigenvalue weighted by Gasteiger charge is -2.47. The third-order valence-corrected chi connectivity index (χ3v) is 13.0. The second-order valence-electron chi connectivity index (χ2n) is 16.5. The van der Waals surface area contributed by atoms with Crippen LogP contribution in [0.2, 0.25) is 0 Å². The van der Waals surface area contributed by atoms with Gasteiger partial charge in [-0.15, -0.1) is 0 Å². The number of anilines is 3. The molecule has 11 rings (SSSR count). The Morgan fingerprint density at radius 1 is 0.271 bits per heavy atom. The van der Waals surface area contributed by atoms with E-state index < -0.39 is 5.41 Å². The summed E-state index contributed by atoms with van der Waals surface area (Å²) in [6, 6.07) is 82.9. The Morgan fingerprint density at radius 3 is 1.27 bits per heavy atom. The fourth-order valence-electron chi connectivity index (χ4n) is 10.2. The van der Waals surface area contributed by atoms with Gasteiger partial charge in [0.25, 0.3) is 0 Å². The molecule has 0 amide bonds. The molecule has 2 aliphatic rings. The Bertz CT molecular complexity index is 2950. The van der Waals surface area contributed by atoms with E-state index in [1.165, 1.54) is 77.9 Å². The zero-order valence-electron chi connectivity index (χ0n) is 33.3. The Labute approximate surface area is 347 Å². The van der Waals surface area contributed by atoms with E-state index >= 15 is 0 Å². The molecule has 0 radical (unpaired) electrons. The summed E-state index contributed by atoms with van der Waals surface area (Å²) in [6.07, 6.45) is 0. The SMILES string of the molecule is CC1(C)c2ccccc2C2(c3ccccc3-c3ccccc32)c2ccc(N(c3ccc(-c4ccccc4)cc3)c3cccc(-c4ccc(-c5ccccc5)cc4)c3)cc21. The highest BCUT2D eigenvalue weighted by molar-refractivity contribution is 5.90. The first kappa shape index (κ1) is 35.0. The fourth-order valence-corrected chi connectivity index (χ4v) is 10.2. The molecular formula is C58H43N. The van der Waals surface area contributed by atoms with Crippen molar-refractivity contribution in [3.8, 4) is 44.5 Å². The number of nitrogens with zero attached hydrogens (tertiary/aromatic N) is 1. The zero-order valence-corrected chi connectivity index (χ0v) is 33.3. The summed E-state index contributed by atoms with van der Waals surface area (Å²) in [6.45, 7) is 4.82. The molecule has 9 aromatic rings. The van der Waals surface area contributed by atoms with Gasteiger partial charge in [-0.2, -0.15) is 0 Å². The van der Waals surface area contributed by atoms with Gasteiger partial charge in [-0.05, 0) is 114 Å². The lowest BCUT2D eigenvalue weighted by molar-refractivity contribution is 0.563. The average Bonchev–Trinajstić information content (AvgIpc) is 3.60. The third-order valence-electron chi connectivity index (χ3n) is 13.0. The largest absolute Gasteiger partial charge is 0.310 e. The van der Waals surface area contributed by atoms with Gasteiger partial charge < -0.3 is 4.90 Å². The third kappa shape index (κ3) is 5.46. The predicted molar refractivity (Wildman–Crippen MR) is 247 cm³/mol. The molecule has 1 heteroatoms. The van der Waals surface area contributed by atoms with Crippen molar-refractivity contribution in [3.63, 3.8) is 0 Å². The highest BCUT2D eigenvalue weighted by atomic mass is 15.1. The molecule has 0 N–H and O–H groups in total. The molecule has 0 aliphatic heterocycles. The van der Waals surface area contributed by atoms with Crippen molar-refractivity contribution in [1.29, 1.82) is 0 Å². The summed E-state index contributed by atoms with van der Waals surface area (Å²) in [4.78, 5) is 2.44. The van der Waals surface area contributed by atoms with Crippen molar-refractivity contribution in [1.82, 2.24) is 0 Å². The van der Waals surface area contributed by atoms with Crippen LogP contribution in [0.3, 0.4) is 0 Å². The molecule has 0 saturated heterocycles. The molecule has 0 heterocycles. The van der Waals surface area contributed by atoms with Gasteiger partial charge in [0.1, 0.15) is 0 Å². The van der Waals surface area contributed by atoms with E-state index in [2.05, 4.69) is 243 Å². The Morgan fingerprint density at radius 2 is 0.678 bits per heavy atom. The van der Waals surface area contributed by atoms with Gasteiger partial charge in [0.05, 0.1) is 5.41 Å². The number of hydrogen-bond acceptors (Lipinski definition) is 1. The molecular weight excluding hydrogens is 711 g/mol. The van der Waals surface area contributed by atoms with E-state index in [-0.39, 0.29) is 5.41 Å². The zero-order chi connectivity index (χ0) is 39.6. The van der Waals surface area contributed by atoms with E-state index in [0.29, 0.717) is 0 Å². The highest BCUT2D eigenvalue weighted by Gasteiger charge is 2.53. The van der Waals surface area contributed by atoms with Crippen molar-refractivity contribution in [2.24, 2.45) is 0 Å². The molecule has 2 aliphatic carbocycles. The second-order valence-corrected chi connectivity index (χ2v) is 16.5. The first-order valence-electron chi connectivity index (χ1n) is 20.7. The summed E-state index contributed by atoms with van der Waals surface area (Å²) >= 11 is 0. The standard InChI is InChI=1S/C58H43N/c1-57(2)53-26-13-14-27-54(53)58(51-24-11-9-22-49(51)50-23-10-12-25-52(50)58)55-37-36-48(39-56(55)57)59(46-34-32-43(33-35-46)41-18-7-4-8-19-41)47-21-15-20-45(38-47)44-30-28-42(29-31-44)40-16-5-3-6-17-40/h3-39H,1-2H3. The summed E-state index contributed by atoms with van der Waals surface area (Å²) in [5.41, 5.74) is 20.7. The van der Waals surface area contributed by atoms with Crippen LogP contribution in [0.4, 0.5) is 17.1 Å². The average molecular weight is 754 g/mol. The van der Waals surface area contributed by atoms with E-state index in [9.17, 15) is 0 Å². The van der Waals surface area contributed by atoms with Crippen molar-refractivity contribution >= 4 is 17.1 Å². The molecule has 9 aromatic carbocycles. The van der Waals surface area contributed by atoms with Gasteiger partial charge in [0.15, 0.2) is 0 Å². The van der Waals surface area contributed by atoms with Crippen LogP contribution in [-0.4, -0.2) is 0 Å². The van der Waals surface area contributed by atoms with Crippen LogP contribution in [0.25, 0.3) is 44.5 Å². The summed E-state index contributed by atoms with van der Waals surface area (Å²) in [7, 11) is 0. The lowest BCUT2D eigenvalue weighted by Crippen LogP contribution is -2.40. The van der Waals surface area contributed by atoms with Crippen LogP contribution in [0, 0.1) is 0 Å². The van der Waals surface area contributed by atoms with Crippen LogP contribution in [0.1, 0.15) is 47.2 Å². The summed E-state index contributed by atoms with van der Waals surface area (Å²) < 4.78 is 0. The Balaban J connectivity index is 1.10. The number of fused-ring (bicyclic) bond motifs is 9. The van der Waals surface area contributed by atoms with E-state index in [4.69, 9.17) is 0 Å². The topological polar surface area (TPSA) is 3.24 Å². The minimum Gasteiger partial charge on any atom is -0.310 e. The number of benzene rings is 9. The highest BCUT2D eigenvalue weighted by Crippen LogP contribution is 2.62. The van der Waals surface area contributed by atoms with E-state index in [1.54, 1.807) is 0 Å². The van der Waals surface area contributed by atoms with Crippen LogP contribution < -0.4 is 4.90 Å². The molecule has 1 spiro atoms. The van der Waals surface area contributed by atoms with Gasteiger partial charge in [-0.3, -0.25) is 0 Å². The first-order chi connectivity index (χ1) is 29.0. The van der Waals surface area contributed by atoms with Crippen molar-refractivity contribution in [2.45, 2.75) is 24.7 Å². The molecule has 0 bridgehead atoms. The van der Waals surface area contributed by atoms with Gasteiger partial charge in [0.2, 0.25) is 0 Å². The summed E-state index contributed by atoms with van der Waals surface area (Å²) in [5, 5.41) is 0. The molecule has 59 heavy (non-hydrogen) atoms. The monoisotopic (exact) mass is 753 g/mol. The van der Waals surface area contributed by atoms with E-state index in [1.807, 2.05) is 0 Å². The maximum atomic E-state index is 2.49. The van der Waals surface area contributed by atoms with Crippen molar-refractivity contribution < 1.29 is 0 Å². The molecule has 0 saturated carbocycles. The maximum absolute atomic E-state index is 2.49. The van der Waals surface area contributed by atoms with Crippen LogP contribution in [0.15, 0.2) is 224 Å². The quantitative estimate of drug-likeness (QED) is 0.163. The van der Waals surface area contributed by atoms with Gasteiger partial charge >= 0.3 is 0 Å². The molecule has 280 valence electrons. The normalized spacial score (nSPS) is 13.9. The van der Waals surface area contributed by atoms with Gasteiger partial charge in [-0.25, -0.2) is 0 Å². The molecule has 0 unspecified atom stereocenters. The maximum Gasteiger partial charge on any atom is 0.0719 e. The van der Waals surface area contributed by atoms with Crippen LogP contribution >= 0.6 is 0 Å². The Kier molecular flexibility index (Phi) is 8.13. The smallest absolute Gasteiger partial charge is 0.0719 e. The fraction of sp³-hybridized carbons (Fsp3) is 0.0690. The van der Waals surface area contributed by atoms with E-state index in [0.717, 1.165) is 17.1 Å². The van der Waals surface area contributed by atoms with Crippen LogP contribution in [-0.2, 0) is 10.8 Å². The second kappa shape index (κ2) is 13.7. The molecule has 0 atom stereocenters. The Hall–Kier alpha value is -7.22. The number of rotatable bonds is 6. The minimum absolute atomic E-state index is 0.259. The van der Waals surface area contributed by atoms with Gasteiger partial charge in [0, 0.05) is 22.5 Å². The lowest BCUT2D eigenvalue weighted by atomic mass is 9.55. The number of hydrogen-bond donors (Lipinski definition) is 0. The van der Waals surface area contributed by atoms with Gasteiger partial charge in [-0.1, -0.05) is 202 Å².